The molecular weight excluding hydrogens is 558 g/mol. The molecule has 236 valence electrons. The molecule has 0 aliphatic rings. The molecule has 5 N–H and O–H groups in total. The highest BCUT2D eigenvalue weighted by molar-refractivity contribution is 5.92. The second-order valence-corrected chi connectivity index (χ2v) is 12.2. The first-order valence-corrected chi connectivity index (χ1v) is 14.9. The van der Waals surface area contributed by atoms with Gasteiger partial charge in [0.1, 0.15) is 17.9 Å². The van der Waals surface area contributed by atoms with Crippen LogP contribution >= 0.6 is 0 Å². The molecule has 0 aliphatic carbocycles. The normalized spacial score (nSPS) is 14.1. The van der Waals surface area contributed by atoms with Crippen LogP contribution in [0.2, 0.25) is 0 Å². The first kappa shape index (κ1) is 34.3. The number of carbonyl (C=O) groups excluding carboxylic acids is 3. The van der Waals surface area contributed by atoms with Gasteiger partial charge in [-0.3, -0.25) is 19.6 Å². The summed E-state index contributed by atoms with van der Waals surface area (Å²) in [5.74, 6) is -2.53. The second-order valence-electron chi connectivity index (χ2n) is 12.2. The van der Waals surface area contributed by atoms with E-state index in [-0.39, 0.29) is 18.4 Å². The molecule has 0 bridgehead atoms. The molecule has 0 spiro atoms. The van der Waals surface area contributed by atoms with Gasteiger partial charge in [0.15, 0.2) is 0 Å². The summed E-state index contributed by atoms with van der Waals surface area (Å²) in [5, 5.41) is 25.6. The van der Waals surface area contributed by atoms with Crippen LogP contribution in [0.3, 0.4) is 0 Å². The quantitative estimate of drug-likeness (QED) is 0.140. The largest absolute Gasteiger partial charge is 0.497 e. The maximum absolute atomic E-state index is 13.5. The molecule has 0 heterocycles. The average Bonchev–Trinajstić information content (AvgIpc) is 3.00. The van der Waals surface area contributed by atoms with Gasteiger partial charge in [-0.1, -0.05) is 81.4 Å². The minimum Gasteiger partial charge on any atom is -0.497 e. The minimum absolute atomic E-state index is 0.149. The van der Waals surface area contributed by atoms with E-state index >= 15 is 0 Å². The zero-order chi connectivity index (χ0) is 32.4. The Kier molecular flexibility index (Phi) is 12.1. The smallest absolute Gasteiger partial charge is 0.272 e. The topological polar surface area (TPSA) is 137 Å². The number of hydrogen-bond donors (Lipinski definition) is 5. The summed E-state index contributed by atoms with van der Waals surface area (Å²) in [6.45, 7) is 9.37. The van der Waals surface area contributed by atoms with E-state index in [2.05, 4.69) is 16.7 Å². The monoisotopic (exact) mass is 603 g/mol. The number of nitrogens with one attached hydrogen (secondary N) is 3. The molecule has 0 saturated carbocycles. The number of methoxy groups -OCH3 is 1. The third-order valence-electron chi connectivity index (χ3n) is 7.82. The van der Waals surface area contributed by atoms with Crippen LogP contribution in [-0.2, 0) is 20.8 Å². The van der Waals surface area contributed by atoms with Gasteiger partial charge in [-0.2, -0.15) is 0 Å². The number of ether oxygens (including phenoxy) is 1. The average molecular weight is 604 g/mol. The van der Waals surface area contributed by atoms with E-state index in [9.17, 15) is 19.5 Å². The molecule has 9 nitrogen and oxygen atoms in total. The molecule has 0 aromatic heterocycles. The van der Waals surface area contributed by atoms with Gasteiger partial charge in [0.2, 0.25) is 11.8 Å². The Morgan fingerprint density at radius 1 is 0.886 bits per heavy atom. The zero-order valence-electron chi connectivity index (χ0n) is 26.4. The molecular formula is C35H45N3O6. The molecule has 3 aromatic carbocycles. The number of benzene rings is 3. The number of amides is 3. The third-order valence-corrected chi connectivity index (χ3v) is 7.82. The van der Waals surface area contributed by atoms with Gasteiger partial charge in [-0.15, -0.1) is 0 Å². The van der Waals surface area contributed by atoms with Gasteiger partial charge in [-0.25, -0.2) is 5.48 Å². The van der Waals surface area contributed by atoms with E-state index in [1.807, 2.05) is 101 Å². The summed E-state index contributed by atoms with van der Waals surface area (Å²) in [6.07, 6.45) is -0.586. The minimum atomic E-state index is -1.80. The highest BCUT2D eigenvalue weighted by atomic mass is 16.5. The molecule has 44 heavy (non-hydrogen) atoms. The number of aliphatic hydroxyl groups excluding tert-OH is 1. The Labute approximate surface area is 260 Å². The maximum atomic E-state index is 13.5. The molecule has 3 amide bonds. The van der Waals surface area contributed by atoms with Gasteiger partial charge in [0.25, 0.3) is 5.91 Å². The number of hydrogen-bond acceptors (Lipinski definition) is 6. The number of aliphatic hydroxyl groups is 1. The fourth-order valence-corrected chi connectivity index (χ4v) is 5.25. The molecule has 9 heteroatoms. The van der Waals surface area contributed by atoms with Crippen molar-refractivity contribution in [2.75, 3.05) is 7.11 Å². The lowest BCUT2D eigenvalue weighted by Crippen LogP contribution is -2.56. The van der Waals surface area contributed by atoms with Crippen molar-refractivity contribution in [1.29, 1.82) is 0 Å². The second kappa shape index (κ2) is 15.5. The van der Waals surface area contributed by atoms with Crippen molar-refractivity contribution in [1.82, 2.24) is 16.1 Å². The Morgan fingerprint density at radius 3 is 2.20 bits per heavy atom. The molecule has 3 rings (SSSR count). The fourth-order valence-electron chi connectivity index (χ4n) is 5.25. The summed E-state index contributed by atoms with van der Waals surface area (Å²) in [5.41, 5.74) is 5.91. The van der Waals surface area contributed by atoms with Crippen molar-refractivity contribution in [2.24, 2.45) is 11.3 Å². The van der Waals surface area contributed by atoms with Crippen LogP contribution in [0.5, 0.6) is 5.75 Å². The van der Waals surface area contributed by atoms with Crippen LogP contribution in [0.4, 0.5) is 0 Å². The molecule has 4 atom stereocenters. The lowest BCUT2D eigenvalue weighted by molar-refractivity contribution is -0.147. The number of carbonyl (C=O) groups is 3. The Balaban J connectivity index is 1.72. The lowest BCUT2D eigenvalue weighted by Gasteiger charge is -2.33. The van der Waals surface area contributed by atoms with Gasteiger partial charge in [-0.05, 0) is 78.5 Å². The van der Waals surface area contributed by atoms with Crippen LogP contribution in [0.15, 0.2) is 72.8 Å². The molecule has 0 saturated heterocycles. The third kappa shape index (κ3) is 9.14. The molecule has 4 unspecified atom stereocenters. The number of rotatable bonds is 13. The van der Waals surface area contributed by atoms with E-state index in [4.69, 9.17) is 9.94 Å². The van der Waals surface area contributed by atoms with Crippen LogP contribution in [0.1, 0.15) is 63.3 Å². The predicted octanol–water partition coefficient (Wildman–Crippen LogP) is 4.88. The maximum Gasteiger partial charge on any atom is 0.272 e. The molecule has 0 fully saturated rings. The summed E-state index contributed by atoms with van der Waals surface area (Å²) in [7, 11) is 1.63. The van der Waals surface area contributed by atoms with Gasteiger partial charge >= 0.3 is 0 Å². The first-order chi connectivity index (χ1) is 20.8. The number of hydroxylamine groups is 1. The van der Waals surface area contributed by atoms with Crippen LogP contribution < -0.4 is 20.9 Å². The standard InChI is InChI=1S/C35H45N3O6/c1-22-20-24(18-19-28(22)26-15-11-16-27(21-26)44-6)12-10-17-29(30(39)33(41)38-43)32(40)37-31(35(3,4)5)34(42)36-23(2)25-13-8-7-9-14-25/h7-9,11,13-16,18-21,23,29-31,39,43H,10,12,17H2,1-6H3,(H,36,42)(H,37,40)(H,38,41). The Hall–Kier alpha value is -4.21. The van der Waals surface area contributed by atoms with Gasteiger partial charge in [0, 0.05) is 0 Å². The van der Waals surface area contributed by atoms with E-state index in [0.717, 1.165) is 33.6 Å². The highest BCUT2D eigenvalue weighted by Crippen LogP contribution is 2.28. The van der Waals surface area contributed by atoms with Crippen molar-refractivity contribution < 1.29 is 29.4 Å². The van der Waals surface area contributed by atoms with E-state index in [1.165, 1.54) is 5.48 Å². The summed E-state index contributed by atoms with van der Waals surface area (Å²) >= 11 is 0. The summed E-state index contributed by atoms with van der Waals surface area (Å²) in [4.78, 5) is 39.1. The van der Waals surface area contributed by atoms with Crippen molar-refractivity contribution in [3.8, 4) is 16.9 Å². The van der Waals surface area contributed by atoms with Crippen molar-refractivity contribution in [2.45, 2.75) is 72.1 Å². The lowest BCUT2D eigenvalue weighted by atomic mass is 9.84. The van der Waals surface area contributed by atoms with Crippen molar-refractivity contribution in [3.05, 3.63) is 89.5 Å². The Bertz CT molecular complexity index is 1420. The molecule has 3 aromatic rings. The van der Waals surface area contributed by atoms with E-state index in [1.54, 1.807) is 7.11 Å². The molecule has 0 radical (unpaired) electrons. The van der Waals surface area contributed by atoms with Gasteiger partial charge in [0.05, 0.1) is 19.1 Å². The number of aryl methyl sites for hydroxylation is 2. The first-order valence-electron chi connectivity index (χ1n) is 14.9. The summed E-state index contributed by atoms with van der Waals surface area (Å²) < 4.78 is 5.35. The van der Waals surface area contributed by atoms with Crippen LogP contribution in [-0.4, -0.2) is 47.3 Å². The zero-order valence-corrected chi connectivity index (χ0v) is 26.4. The van der Waals surface area contributed by atoms with E-state index in [0.29, 0.717) is 12.8 Å². The Morgan fingerprint density at radius 2 is 1.59 bits per heavy atom. The van der Waals surface area contributed by atoms with E-state index < -0.39 is 35.3 Å². The highest BCUT2D eigenvalue weighted by Gasteiger charge is 2.38. The van der Waals surface area contributed by atoms with Crippen molar-refractivity contribution >= 4 is 17.7 Å². The fraction of sp³-hybridized carbons (Fsp3) is 0.400. The predicted molar refractivity (Wildman–Crippen MR) is 170 cm³/mol. The summed E-state index contributed by atoms with van der Waals surface area (Å²) in [6, 6.07) is 22.2. The van der Waals surface area contributed by atoms with Crippen LogP contribution in [0.25, 0.3) is 11.1 Å². The van der Waals surface area contributed by atoms with Crippen LogP contribution in [0, 0.1) is 18.3 Å². The van der Waals surface area contributed by atoms with Gasteiger partial charge < -0.3 is 20.5 Å². The van der Waals surface area contributed by atoms with Crippen molar-refractivity contribution in [3.63, 3.8) is 0 Å². The SMILES string of the molecule is COc1cccc(-c2ccc(CCCC(C(=O)NC(C(=O)NC(C)c3ccccc3)C(C)(C)C)C(O)C(=O)NO)cc2C)c1. The molecule has 0 aliphatic heterocycles.